The normalized spacial score (nSPS) is 11.2. The van der Waals surface area contributed by atoms with E-state index in [4.69, 9.17) is 4.74 Å². The van der Waals surface area contributed by atoms with Crippen LogP contribution in [-0.4, -0.2) is 36.0 Å². The summed E-state index contributed by atoms with van der Waals surface area (Å²) in [6.07, 6.45) is 0.167. The van der Waals surface area contributed by atoms with Crippen molar-refractivity contribution in [3.05, 3.63) is 144 Å². The van der Waals surface area contributed by atoms with Crippen molar-refractivity contribution in [2.45, 2.75) is 12.5 Å². The fourth-order valence-electron chi connectivity index (χ4n) is 4.65. The van der Waals surface area contributed by atoms with E-state index in [1.165, 1.54) is 12.1 Å². The minimum atomic E-state index is -0.966. The van der Waals surface area contributed by atoms with Gasteiger partial charge in [-0.2, -0.15) is 0 Å². The molecule has 1 atom stereocenters. The number of amides is 3. The Hall–Kier alpha value is -5.89. The first kappa shape index (κ1) is 29.6. The molecule has 3 amide bonds. The van der Waals surface area contributed by atoms with E-state index in [2.05, 4.69) is 16.0 Å². The van der Waals surface area contributed by atoms with E-state index in [1.54, 1.807) is 67.8 Å². The first-order valence-corrected chi connectivity index (χ1v) is 14.0. The van der Waals surface area contributed by atoms with Crippen LogP contribution in [0.3, 0.4) is 0 Å². The number of anilines is 2. The lowest BCUT2D eigenvalue weighted by Gasteiger charge is -2.20. The summed E-state index contributed by atoms with van der Waals surface area (Å²) >= 11 is 0. The van der Waals surface area contributed by atoms with Gasteiger partial charge in [0.05, 0.1) is 18.4 Å². The zero-order valence-corrected chi connectivity index (χ0v) is 24.0. The maximum Gasteiger partial charge on any atom is 0.255 e. The summed E-state index contributed by atoms with van der Waals surface area (Å²) in [7, 11) is 1.54. The molecule has 0 saturated carbocycles. The van der Waals surface area contributed by atoms with Crippen LogP contribution in [0.1, 0.15) is 26.3 Å². The molecule has 5 aromatic rings. The minimum absolute atomic E-state index is 0.0961. The maximum atomic E-state index is 13.6. The van der Waals surface area contributed by atoms with Crippen LogP contribution in [0, 0.1) is 0 Å². The van der Waals surface area contributed by atoms with E-state index in [-0.39, 0.29) is 17.7 Å². The molecule has 0 fully saturated rings. The molecule has 0 aliphatic heterocycles. The highest BCUT2D eigenvalue weighted by molar-refractivity contribution is 6.10. The fraction of sp³-hybridized carbons (Fsp3) is 0.0833. The van der Waals surface area contributed by atoms with E-state index in [1.807, 2.05) is 54.6 Å². The van der Waals surface area contributed by atoms with Gasteiger partial charge in [0.2, 0.25) is 5.91 Å². The molecule has 8 nitrogen and oxygen atoms in total. The first-order valence-electron chi connectivity index (χ1n) is 14.0. The van der Waals surface area contributed by atoms with Crippen LogP contribution in [0.25, 0.3) is 11.1 Å². The van der Waals surface area contributed by atoms with Gasteiger partial charge in [0.15, 0.2) is 0 Å². The predicted molar refractivity (Wildman–Crippen MR) is 171 cm³/mol. The Morgan fingerprint density at radius 3 is 2.00 bits per heavy atom. The zero-order chi connectivity index (χ0) is 30.9. The van der Waals surface area contributed by atoms with Gasteiger partial charge in [0, 0.05) is 17.7 Å². The molecule has 5 aromatic carbocycles. The molecule has 0 heterocycles. The summed E-state index contributed by atoms with van der Waals surface area (Å²) in [6, 6.07) is 36.0. The SMILES string of the molecule is COc1ccc(C(=O)Nc2ccccc2C(=O)NC(Cc2ccc(O)cc2)C(=O)Nc2ccc(-c3ccccc3)cc2)cc1. The number of ether oxygens (including phenoxy) is 1. The van der Waals surface area contributed by atoms with E-state index >= 15 is 0 Å². The van der Waals surface area contributed by atoms with E-state index < -0.39 is 23.8 Å². The largest absolute Gasteiger partial charge is 0.508 e. The molecule has 220 valence electrons. The van der Waals surface area contributed by atoms with Crippen molar-refractivity contribution < 1.29 is 24.2 Å². The molecule has 0 aliphatic carbocycles. The lowest BCUT2D eigenvalue weighted by Crippen LogP contribution is -2.45. The van der Waals surface area contributed by atoms with Gasteiger partial charge in [-0.05, 0) is 77.4 Å². The monoisotopic (exact) mass is 585 g/mol. The first-order chi connectivity index (χ1) is 21.4. The van der Waals surface area contributed by atoms with Gasteiger partial charge in [-0.15, -0.1) is 0 Å². The number of benzene rings is 5. The van der Waals surface area contributed by atoms with Crippen LogP contribution in [-0.2, 0) is 11.2 Å². The highest BCUT2D eigenvalue weighted by Crippen LogP contribution is 2.22. The molecule has 0 aromatic heterocycles. The molecule has 1 unspecified atom stereocenters. The van der Waals surface area contributed by atoms with Gasteiger partial charge < -0.3 is 25.8 Å². The third-order valence-electron chi connectivity index (χ3n) is 7.03. The summed E-state index contributed by atoms with van der Waals surface area (Å²) in [5.41, 5.74) is 4.27. The highest BCUT2D eigenvalue weighted by Gasteiger charge is 2.24. The van der Waals surface area contributed by atoms with Crippen LogP contribution < -0.4 is 20.7 Å². The van der Waals surface area contributed by atoms with E-state index in [0.717, 1.165) is 16.7 Å². The number of para-hydroxylation sites is 1. The zero-order valence-electron chi connectivity index (χ0n) is 24.0. The molecule has 0 bridgehead atoms. The highest BCUT2D eigenvalue weighted by atomic mass is 16.5. The molecular weight excluding hydrogens is 554 g/mol. The fourth-order valence-corrected chi connectivity index (χ4v) is 4.65. The Kier molecular flexibility index (Phi) is 9.32. The van der Waals surface area contributed by atoms with E-state index in [9.17, 15) is 19.5 Å². The molecule has 0 saturated heterocycles. The summed E-state index contributed by atoms with van der Waals surface area (Å²) in [5, 5.41) is 18.3. The molecule has 0 spiro atoms. The van der Waals surface area contributed by atoms with Crippen molar-refractivity contribution in [1.82, 2.24) is 5.32 Å². The van der Waals surface area contributed by atoms with Crippen molar-refractivity contribution in [3.63, 3.8) is 0 Å². The van der Waals surface area contributed by atoms with Crippen molar-refractivity contribution >= 4 is 29.1 Å². The maximum absolute atomic E-state index is 13.6. The number of carbonyl (C=O) groups is 3. The molecule has 44 heavy (non-hydrogen) atoms. The second-order valence-corrected chi connectivity index (χ2v) is 10.1. The second-order valence-electron chi connectivity index (χ2n) is 10.1. The molecule has 0 radical (unpaired) electrons. The number of rotatable bonds is 10. The van der Waals surface area contributed by atoms with Gasteiger partial charge in [0.1, 0.15) is 17.5 Å². The number of methoxy groups -OCH3 is 1. The third kappa shape index (κ3) is 7.49. The van der Waals surface area contributed by atoms with Crippen LogP contribution in [0.4, 0.5) is 11.4 Å². The van der Waals surface area contributed by atoms with Gasteiger partial charge in [-0.25, -0.2) is 0 Å². The number of phenols is 1. The van der Waals surface area contributed by atoms with Crippen molar-refractivity contribution in [2.75, 3.05) is 17.7 Å². The Balaban J connectivity index is 1.34. The summed E-state index contributed by atoms with van der Waals surface area (Å²) < 4.78 is 5.15. The second kappa shape index (κ2) is 13.8. The molecular formula is C36H31N3O5. The van der Waals surface area contributed by atoms with Gasteiger partial charge in [-0.1, -0.05) is 66.7 Å². The number of phenolic OH excluding ortho intramolecular Hbond substituents is 1. The topological polar surface area (TPSA) is 117 Å². The van der Waals surface area contributed by atoms with Crippen LogP contribution in [0.5, 0.6) is 11.5 Å². The Morgan fingerprint density at radius 1 is 0.682 bits per heavy atom. The van der Waals surface area contributed by atoms with E-state index in [0.29, 0.717) is 22.7 Å². The van der Waals surface area contributed by atoms with Crippen molar-refractivity contribution in [1.29, 1.82) is 0 Å². The quantitative estimate of drug-likeness (QED) is 0.154. The van der Waals surface area contributed by atoms with Gasteiger partial charge >= 0.3 is 0 Å². The number of carbonyl (C=O) groups excluding carboxylic acids is 3. The van der Waals surface area contributed by atoms with Gasteiger partial charge in [-0.3, -0.25) is 14.4 Å². The standard InChI is InChI=1S/C36H31N3O5/c1-44-30-21-15-27(16-22-30)34(41)38-32-10-6-5-9-31(32)35(42)39-33(23-24-11-19-29(40)20-12-24)36(43)37-28-17-13-26(14-18-28)25-7-3-2-4-8-25/h2-22,33,40H,23H2,1H3,(H,37,43)(H,38,41)(H,39,42). The minimum Gasteiger partial charge on any atom is -0.508 e. The number of aromatic hydroxyl groups is 1. The molecule has 8 heteroatoms. The van der Waals surface area contributed by atoms with Crippen LogP contribution in [0.2, 0.25) is 0 Å². The summed E-state index contributed by atoms with van der Waals surface area (Å²) in [6.45, 7) is 0. The predicted octanol–water partition coefficient (Wildman–Crippen LogP) is 6.30. The lowest BCUT2D eigenvalue weighted by molar-refractivity contribution is -0.118. The Bertz CT molecular complexity index is 1740. The Labute approximate surface area is 255 Å². The average Bonchev–Trinajstić information content (AvgIpc) is 3.06. The summed E-state index contributed by atoms with van der Waals surface area (Å²) in [4.78, 5) is 40.1. The average molecular weight is 586 g/mol. The lowest BCUT2D eigenvalue weighted by atomic mass is 10.0. The smallest absolute Gasteiger partial charge is 0.255 e. The Morgan fingerprint density at radius 2 is 1.32 bits per heavy atom. The van der Waals surface area contributed by atoms with Crippen LogP contribution >= 0.6 is 0 Å². The number of nitrogens with one attached hydrogen (secondary N) is 3. The van der Waals surface area contributed by atoms with Crippen molar-refractivity contribution in [3.8, 4) is 22.6 Å². The van der Waals surface area contributed by atoms with Crippen LogP contribution in [0.15, 0.2) is 127 Å². The number of hydrogen-bond acceptors (Lipinski definition) is 5. The number of hydrogen-bond donors (Lipinski definition) is 4. The van der Waals surface area contributed by atoms with Crippen molar-refractivity contribution in [2.24, 2.45) is 0 Å². The molecule has 4 N–H and O–H groups in total. The summed E-state index contributed by atoms with van der Waals surface area (Å²) in [5.74, 6) is -0.636. The van der Waals surface area contributed by atoms with Gasteiger partial charge in [0.25, 0.3) is 11.8 Å². The molecule has 0 aliphatic rings. The molecule has 5 rings (SSSR count). The third-order valence-corrected chi connectivity index (χ3v) is 7.03.